The molecule has 0 spiro atoms. The molecule has 0 radical (unpaired) electrons. The predicted octanol–water partition coefficient (Wildman–Crippen LogP) is 4.23. The van der Waals surface area contributed by atoms with Crippen LogP contribution >= 0.6 is 15.9 Å². The summed E-state index contributed by atoms with van der Waals surface area (Å²) in [6, 6.07) is 18.4. The van der Waals surface area contributed by atoms with E-state index in [1.165, 1.54) is 0 Å². The highest BCUT2D eigenvalue weighted by atomic mass is 79.9. The number of ether oxygens (including phenoxy) is 1. The van der Waals surface area contributed by atoms with Crippen LogP contribution in [0.25, 0.3) is 10.8 Å². The number of benzene rings is 3. The molecule has 5 nitrogen and oxygen atoms in total. The maximum absolute atomic E-state index is 11.9. The van der Waals surface area contributed by atoms with Crippen molar-refractivity contribution in [3.63, 3.8) is 0 Å². The molecule has 3 aromatic rings. The van der Waals surface area contributed by atoms with Gasteiger partial charge in [0.2, 0.25) is 0 Å². The van der Waals surface area contributed by atoms with Crippen LogP contribution in [-0.4, -0.2) is 23.3 Å². The van der Waals surface area contributed by atoms with Crippen molar-refractivity contribution >= 4 is 38.3 Å². The van der Waals surface area contributed by atoms with Gasteiger partial charge in [-0.05, 0) is 36.6 Å². The Morgan fingerprint density at radius 3 is 2.77 bits per heavy atom. The van der Waals surface area contributed by atoms with Gasteiger partial charge in [0.1, 0.15) is 11.5 Å². The summed E-state index contributed by atoms with van der Waals surface area (Å²) in [5.74, 6) is 0.344. The summed E-state index contributed by atoms with van der Waals surface area (Å²) in [4.78, 5) is 11.9. The standard InChI is InChI=1S/C20H17BrN2O3/c1-13(17-10-9-14-5-2-3-8-18(14)20(17)25)22-23-19(24)12-26-16-7-4-6-15(21)11-16/h2-11,25H,12H2,1H3,(H,23,24). The van der Waals surface area contributed by atoms with Crippen molar-refractivity contribution in [3.8, 4) is 11.5 Å². The van der Waals surface area contributed by atoms with Crippen LogP contribution < -0.4 is 10.2 Å². The Morgan fingerprint density at radius 2 is 1.96 bits per heavy atom. The van der Waals surface area contributed by atoms with Gasteiger partial charge in [0.25, 0.3) is 5.91 Å². The average molecular weight is 413 g/mol. The number of hydrogen-bond donors (Lipinski definition) is 2. The van der Waals surface area contributed by atoms with Crippen molar-refractivity contribution in [1.82, 2.24) is 5.43 Å². The Bertz CT molecular complexity index is 986. The maximum atomic E-state index is 11.9. The second-order valence-corrected chi connectivity index (χ2v) is 6.58. The van der Waals surface area contributed by atoms with Crippen molar-refractivity contribution in [3.05, 3.63) is 70.7 Å². The summed E-state index contributed by atoms with van der Waals surface area (Å²) in [5.41, 5.74) is 3.51. The van der Waals surface area contributed by atoms with E-state index in [0.29, 0.717) is 17.0 Å². The number of hydrazone groups is 1. The van der Waals surface area contributed by atoms with Gasteiger partial charge < -0.3 is 9.84 Å². The molecule has 1 amide bonds. The van der Waals surface area contributed by atoms with Crippen molar-refractivity contribution < 1.29 is 14.6 Å². The normalized spacial score (nSPS) is 11.4. The lowest BCUT2D eigenvalue weighted by molar-refractivity contribution is -0.123. The molecule has 0 fully saturated rings. The number of rotatable bonds is 5. The first-order valence-electron chi connectivity index (χ1n) is 7.97. The van der Waals surface area contributed by atoms with Crippen LogP contribution in [0.5, 0.6) is 11.5 Å². The topological polar surface area (TPSA) is 70.9 Å². The molecule has 0 atom stereocenters. The molecule has 0 unspecified atom stereocenters. The quantitative estimate of drug-likeness (QED) is 0.486. The number of aromatic hydroxyl groups is 1. The van der Waals surface area contributed by atoms with Crippen molar-refractivity contribution in [2.45, 2.75) is 6.92 Å². The lowest BCUT2D eigenvalue weighted by atomic mass is 10.0. The number of carbonyl (C=O) groups excluding carboxylic acids is 1. The SMILES string of the molecule is CC(=NNC(=O)COc1cccc(Br)c1)c1ccc2ccccc2c1O. The molecule has 3 aromatic carbocycles. The Morgan fingerprint density at radius 1 is 1.15 bits per heavy atom. The third kappa shape index (κ3) is 4.21. The molecule has 0 saturated carbocycles. The third-order valence-electron chi connectivity index (χ3n) is 3.80. The van der Waals surface area contributed by atoms with E-state index >= 15 is 0 Å². The lowest BCUT2D eigenvalue weighted by Crippen LogP contribution is -2.25. The Balaban J connectivity index is 1.66. The molecule has 0 saturated heterocycles. The highest BCUT2D eigenvalue weighted by Crippen LogP contribution is 2.28. The van der Waals surface area contributed by atoms with Crippen molar-refractivity contribution in [1.29, 1.82) is 0 Å². The molecule has 132 valence electrons. The van der Waals surface area contributed by atoms with E-state index in [4.69, 9.17) is 4.74 Å². The van der Waals surface area contributed by atoms with E-state index in [2.05, 4.69) is 26.5 Å². The van der Waals surface area contributed by atoms with E-state index in [0.717, 1.165) is 15.2 Å². The largest absolute Gasteiger partial charge is 0.507 e. The van der Waals surface area contributed by atoms with Gasteiger partial charge in [-0.25, -0.2) is 5.43 Å². The first kappa shape index (κ1) is 17.9. The summed E-state index contributed by atoms with van der Waals surface area (Å²) in [6.07, 6.45) is 0. The molecule has 0 aliphatic heterocycles. The minimum atomic E-state index is -0.385. The second-order valence-electron chi connectivity index (χ2n) is 5.66. The third-order valence-corrected chi connectivity index (χ3v) is 4.30. The predicted molar refractivity (Wildman–Crippen MR) is 106 cm³/mol. The summed E-state index contributed by atoms with van der Waals surface area (Å²) in [6.45, 7) is 1.57. The number of hydrogen-bond acceptors (Lipinski definition) is 4. The van der Waals surface area contributed by atoms with Gasteiger partial charge >= 0.3 is 0 Å². The highest BCUT2D eigenvalue weighted by Gasteiger charge is 2.09. The van der Waals surface area contributed by atoms with E-state index < -0.39 is 0 Å². The van der Waals surface area contributed by atoms with Crippen LogP contribution in [0, 0.1) is 0 Å². The molecular formula is C20H17BrN2O3. The van der Waals surface area contributed by atoms with Crippen LogP contribution in [0.3, 0.4) is 0 Å². The molecule has 0 bridgehead atoms. The number of nitrogens with one attached hydrogen (secondary N) is 1. The zero-order chi connectivity index (χ0) is 18.5. The molecule has 0 aromatic heterocycles. The van der Waals surface area contributed by atoms with Crippen LogP contribution in [-0.2, 0) is 4.79 Å². The number of phenolic OH excluding ortho intramolecular Hbond substituents is 1. The smallest absolute Gasteiger partial charge is 0.277 e. The molecule has 0 aliphatic carbocycles. The summed E-state index contributed by atoms with van der Waals surface area (Å²) in [7, 11) is 0. The van der Waals surface area contributed by atoms with Gasteiger partial charge in [-0.15, -0.1) is 0 Å². The molecule has 3 rings (SSSR count). The summed E-state index contributed by atoms with van der Waals surface area (Å²) >= 11 is 3.34. The minimum absolute atomic E-state index is 0.143. The molecular weight excluding hydrogens is 396 g/mol. The van der Waals surface area contributed by atoms with Gasteiger partial charge in [-0.2, -0.15) is 5.10 Å². The average Bonchev–Trinajstić information content (AvgIpc) is 2.65. The zero-order valence-corrected chi connectivity index (χ0v) is 15.7. The Labute approximate surface area is 159 Å². The number of nitrogens with zero attached hydrogens (tertiary/aromatic N) is 1. The number of phenols is 1. The fourth-order valence-corrected chi connectivity index (χ4v) is 2.87. The number of halogens is 1. The maximum Gasteiger partial charge on any atom is 0.277 e. The van der Waals surface area contributed by atoms with Gasteiger partial charge in [-0.3, -0.25) is 4.79 Å². The Hall–Kier alpha value is -2.86. The Kier molecular flexibility index (Phi) is 5.53. The van der Waals surface area contributed by atoms with Gasteiger partial charge in [0.15, 0.2) is 6.61 Å². The summed E-state index contributed by atoms with van der Waals surface area (Å²) < 4.78 is 6.28. The number of fused-ring (bicyclic) bond motifs is 1. The van der Waals surface area contributed by atoms with Gasteiger partial charge in [0, 0.05) is 15.4 Å². The van der Waals surface area contributed by atoms with Crippen LogP contribution in [0.15, 0.2) is 70.2 Å². The first-order chi connectivity index (χ1) is 12.5. The molecule has 6 heteroatoms. The second kappa shape index (κ2) is 8.01. The number of amides is 1. The minimum Gasteiger partial charge on any atom is -0.507 e. The number of carbonyl (C=O) groups is 1. The van der Waals surface area contributed by atoms with E-state index in [1.807, 2.05) is 42.5 Å². The van der Waals surface area contributed by atoms with E-state index in [1.54, 1.807) is 25.1 Å². The fraction of sp³-hybridized carbons (Fsp3) is 0.100. The molecule has 0 heterocycles. The zero-order valence-electron chi connectivity index (χ0n) is 14.1. The van der Waals surface area contributed by atoms with Crippen molar-refractivity contribution in [2.24, 2.45) is 5.10 Å². The molecule has 0 aliphatic rings. The van der Waals surface area contributed by atoms with Crippen LogP contribution in [0.2, 0.25) is 0 Å². The van der Waals surface area contributed by atoms with Crippen LogP contribution in [0.4, 0.5) is 0 Å². The first-order valence-corrected chi connectivity index (χ1v) is 8.76. The van der Waals surface area contributed by atoms with Crippen molar-refractivity contribution in [2.75, 3.05) is 6.61 Å². The van der Waals surface area contributed by atoms with E-state index in [9.17, 15) is 9.90 Å². The lowest BCUT2D eigenvalue weighted by Gasteiger charge is -2.09. The highest BCUT2D eigenvalue weighted by molar-refractivity contribution is 9.10. The van der Waals surface area contributed by atoms with Gasteiger partial charge in [0.05, 0.1) is 5.71 Å². The van der Waals surface area contributed by atoms with E-state index in [-0.39, 0.29) is 18.3 Å². The monoisotopic (exact) mass is 412 g/mol. The fourth-order valence-electron chi connectivity index (χ4n) is 2.49. The molecule has 2 N–H and O–H groups in total. The van der Waals surface area contributed by atoms with Gasteiger partial charge in [-0.1, -0.05) is 52.3 Å². The molecule has 26 heavy (non-hydrogen) atoms. The van der Waals surface area contributed by atoms with Crippen LogP contribution in [0.1, 0.15) is 12.5 Å². The summed E-state index contributed by atoms with van der Waals surface area (Å²) in [5, 5.41) is 16.2.